The molecule has 3 nitrogen and oxygen atoms in total. The molecule has 3 heteroatoms. The molecule has 116 valence electrons. The van der Waals surface area contributed by atoms with Gasteiger partial charge in [-0.1, -0.05) is 62.4 Å². The van der Waals surface area contributed by atoms with Crippen LogP contribution in [0.2, 0.25) is 0 Å². The number of hydrogen-bond acceptors (Lipinski definition) is 3. The first-order valence-corrected chi connectivity index (χ1v) is 8.14. The molecule has 1 aliphatic carbocycles. The Bertz CT molecular complexity index is 412. The molecule has 1 aliphatic rings. The van der Waals surface area contributed by atoms with Crippen LogP contribution >= 0.6 is 0 Å². The van der Waals surface area contributed by atoms with E-state index in [9.17, 15) is 4.79 Å². The third-order valence-corrected chi connectivity index (χ3v) is 4.49. The van der Waals surface area contributed by atoms with Gasteiger partial charge in [-0.15, -0.1) is 0 Å². The highest BCUT2D eigenvalue weighted by Crippen LogP contribution is 2.25. The number of ether oxygens (including phenoxy) is 1. The Morgan fingerprint density at radius 1 is 1.24 bits per heavy atom. The predicted octanol–water partition coefficient (Wildman–Crippen LogP) is 3.50. The average molecular weight is 289 g/mol. The molecular weight excluding hydrogens is 262 g/mol. The van der Waals surface area contributed by atoms with Gasteiger partial charge >= 0.3 is 5.97 Å². The zero-order valence-corrected chi connectivity index (χ0v) is 13.0. The van der Waals surface area contributed by atoms with Crippen molar-refractivity contribution in [2.24, 2.45) is 5.92 Å². The van der Waals surface area contributed by atoms with Crippen LogP contribution < -0.4 is 5.32 Å². The van der Waals surface area contributed by atoms with Crippen molar-refractivity contribution in [1.82, 2.24) is 5.32 Å². The van der Waals surface area contributed by atoms with Crippen LogP contribution in [0.4, 0.5) is 0 Å². The summed E-state index contributed by atoms with van der Waals surface area (Å²) in [4.78, 5) is 11.9. The molecule has 0 radical (unpaired) electrons. The first-order chi connectivity index (χ1) is 10.3. The van der Waals surface area contributed by atoms with Crippen LogP contribution in [0, 0.1) is 5.92 Å². The van der Waals surface area contributed by atoms with Gasteiger partial charge in [-0.05, 0) is 24.4 Å². The van der Waals surface area contributed by atoms with Crippen LogP contribution in [0.5, 0.6) is 0 Å². The van der Waals surface area contributed by atoms with Gasteiger partial charge in [0.2, 0.25) is 0 Å². The van der Waals surface area contributed by atoms with Gasteiger partial charge in [-0.2, -0.15) is 0 Å². The van der Waals surface area contributed by atoms with E-state index < -0.39 is 0 Å². The second-order valence-corrected chi connectivity index (χ2v) is 5.98. The van der Waals surface area contributed by atoms with Crippen LogP contribution in [0.25, 0.3) is 0 Å². The van der Waals surface area contributed by atoms with Crippen LogP contribution in [0.1, 0.15) is 50.0 Å². The predicted molar refractivity (Wildman–Crippen MR) is 85.3 cm³/mol. The highest BCUT2D eigenvalue weighted by molar-refractivity contribution is 5.78. The summed E-state index contributed by atoms with van der Waals surface area (Å²) in [6.07, 6.45) is 8.16. The van der Waals surface area contributed by atoms with Crippen molar-refractivity contribution in [3.8, 4) is 0 Å². The summed E-state index contributed by atoms with van der Waals surface area (Å²) in [6, 6.07) is 9.88. The molecule has 1 N–H and O–H groups in total. The molecule has 0 spiro atoms. The van der Waals surface area contributed by atoms with Crippen LogP contribution in [-0.2, 0) is 9.53 Å². The lowest BCUT2D eigenvalue weighted by Gasteiger charge is -2.22. The van der Waals surface area contributed by atoms with E-state index in [-0.39, 0.29) is 11.9 Å². The highest BCUT2D eigenvalue weighted by Gasteiger charge is 2.21. The number of carbonyl (C=O) groups is 1. The van der Waals surface area contributed by atoms with E-state index in [2.05, 4.69) is 5.32 Å². The molecule has 0 saturated heterocycles. The number of esters is 1. The summed E-state index contributed by atoms with van der Waals surface area (Å²) in [6.45, 7) is 1.65. The van der Waals surface area contributed by atoms with Crippen molar-refractivity contribution in [2.45, 2.75) is 44.4 Å². The molecule has 1 saturated carbocycles. The third kappa shape index (κ3) is 5.16. The minimum absolute atomic E-state index is 0.161. The van der Waals surface area contributed by atoms with Gasteiger partial charge < -0.3 is 10.1 Å². The zero-order chi connectivity index (χ0) is 14.9. The quantitative estimate of drug-likeness (QED) is 0.616. The Balaban J connectivity index is 1.78. The fourth-order valence-corrected chi connectivity index (χ4v) is 3.19. The summed E-state index contributed by atoms with van der Waals surface area (Å²) in [7, 11) is 1.46. The van der Waals surface area contributed by atoms with Gasteiger partial charge in [0.05, 0.1) is 13.0 Å². The number of methoxy groups -OCH3 is 1. The zero-order valence-electron chi connectivity index (χ0n) is 13.0. The standard InChI is InChI=1S/C18H27NO2/c1-21-18(20)17(16-10-6-3-7-11-16)14-19-13-12-15-8-4-2-5-9-15/h3,6-7,10-11,15,17,19H,2,4-5,8-9,12-14H2,1H3. The summed E-state index contributed by atoms with van der Waals surface area (Å²) in [5.41, 5.74) is 1.02. The Kier molecular flexibility index (Phi) is 6.74. The van der Waals surface area contributed by atoms with Crippen molar-refractivity contribution in [3.63, 3.8) is 0 Å². The lowest BCUT2D eigenvalue weighted by Crippen LogP contribution is -2.29. The van der Waals surface area contributed by atoms with Crippen molar-refractivity contribution >= 4 is 5.97 Å². The Labute approximate surface area is 128 Å². The van der Waals surface area contributed by atoms with E-state index in [4.69, 9.17) is 4.74 Å². The molecule has 21 heavy (non-hydrogen) atoms. The Morgan fingerprint density at radius 3 is 2.62 bits per heavy atom. The van der Waals surface area contributed by atoms with Crippen molar-refractivity contribution in [3.05, 3.63) is 35.9 Å². The topological polar surface area (TPSA) is 38.3 Å². The monoisotopic (exact) mass is 289 g/mol. The van der Waals surface area contributed by atoms with Gasteiger partial charge in [0.15, 0.2) is 0 Å². The first kappa shape index (κ1) is 16.0. The van der Waals surface area contributed by atoms with Gasteiger partial charge in [0, 0.05) is 6.54 Å². The Hall–Kier alpha value is -1.35. The molecule has 1 aromatic rings. The maximum absolute atomic E-state index is 11.9. The number of rotatable bonds is 7. The lowest BCUT2D eigenvalue weighted by molar-refractivity contribution is -0.142. The van der Waals surface area contributed by atoms with Crippen molar-refractivity contribution < 1.29 is 9.53 Å². The molecule has 2 rings (SSSR count). The van der Waals surface area contributed by atoms with Gasteiger partial charge in [-0.25, -0.2) is 0 Å². The van der Waals surface area contributed by atoms with E-state index in [1.54, 1.807) is 0 Å². The maximum Gasteiger partial charge on any atom is 0.314 e. The third-order valence-electron chi connectivity index (χ3n) is 4.49. The fourth-order valence-electron chi connectivity index (χ4n) is 3.19. The van der Waals surface area contributed by atoms with Crippen molar-refractivity contribution in [1.29, 1.82) is 0 Å². The number of carbonyl (C=O) groups excluding carboxylic acids is 1. The van der Waals surface area contributed by atoms with E-state index in [0.29, 0.717) is 6.54 Å². The summed E-state index contributed by atoms with van der Waals surface area (Å²) < 4.78 is 4.93. The van der Waals surface area contributed by atoms with E-state index in [1.807, 2.05) is 30.3 Å². The van der Waals surface area contributed by atoms with Gasteiger partial charge in [0.1, 0.15) is 0 Å². The number of hydrogen-bond donors (Lipinski definition) is 1. The molecule has 1 aromatic carbocycles. The van der Waals surface area contributed by atoms with Gasteiger partial charge in [-0.3, -0.25) is 4.79 Å². The van der Waals surface area contributed by atoms with Gasteiger partial charge in [0.25, 0.3) is 0 Å². The minimum atomic E-state index is -0.206. The molecule has 1 fully saturated rings. The largest absolute Gasteiger partial charge is 0.469 e. The number of benzene rings is 1. The van der Waals surface area contributed by atoms with Crippen molar-refractivity contribution in [2.75, 3.05) is 20.2 Å². The number of nitrogens with one attached hydrogen (secondary N) is 1. The minimum Gasteiger partial charge on any atom is -0.469 e. The fraction of sp³-hybridized carbons (Fsp3) is 0.611. The van der Waals surface area contributed by atoms with E-state index in [0.717, 1.165) is 18.0 Å². The summed E-state index contributed by atoms with van der Waals surface area (Å²) >= 11 is 0. The molecular formula is C18H27NO2. The van der Waals surface area contributed by atoms with E-state index in [1.165, 1.54) is 45.6 Å². The molecule has 0 bridgehead atoms. The van der Waals surface area contributed by atoms with E-state index >= 15 is 0 Å². The Morgan fingerprint density at radius 2 is 1.95 bits per heavy atom. The summed E-state index contributed by atoms with van der Waals surface area (Å²) in [5.74, 6) is 0.508. The second-order valence-electron chi connectivity index (χ2n) is 5.98. The summed E-state index contributed by atoms with van der Waals surface area (Å²) in [5, 5.41) is 3.45. The van der Waals surface area contributed by atoms with Crippen LogP contribution in [0.3, 0.4) is 0 Å². The molecule has 1 unspecified atom stereocenters. The molecule has 0 aliphatic heterocycles. The average Bonchev–Trinajstić information content (AvgIpc) is 2.56. The molecule has 1 atom stereocenters. The molecule has 0 aromatic heterocycles. The molecule has 0 heterocycles. The van der Waals surface area contributed by atoms with Crippen LogP contribution in [-0.4, -0.2) is 26.2 Å². The normalized spacial score (nSPS) is 17.4. The highest BCUT2D eigenvalue weighted by atomic mass is 16.5. The van der Waals surface area contributed by atoms with Crippen LogP contribution in [0.15, 0.2) is 30.3 Å². The second kappa shape index (κ2) is 8.83. The smallest absolute Gasteiger partial charge is 0.314 e. The first-order valence-electron chi connectivity index (χ1n) is 8.14. The lowest BCUT2D eigenvalue weighted by atomic mass is 9.87. The molecule has 0 amide bonds. The maximum atomic E-state index is 11.9. The SMILES string of the molecule is COC(=O)C(CNCCC1CCCCC1)c1ccccc1.